The Bertz CT molecular complexity index is 1040. The molecule has 0 saturated heterocycles. The van der Waals surface area contributed by atoms with Crippen molar-refractivity contribution in [2.45, 2.75) is 60.9 Å². The number of benzene rings is 3. The molecule has 0 spiro atoms. The quantitative estimate of drug-likeness (QED) is 0.254. The van der Waals surface area contributed by atoms with Gasteiger partial charge in [0.25, 0.3) is 0 Å². The molecule has 1 atom stereocenters. The van der Waals surface area contributed by atoms with Crippen molar-refractivity contribution in [2.75, 3.05) is 24.7 Å². The van der Waals surface area contributed by atoms with E-state index in [1.165, 1.54) is 22.3 Å². The largest absolute Gasteiger partial charge is 0.508 e. The van der Waals surface area contributed by atoms with Crippen LogP contribution in [0.3, 0.4) is 0 Å². The molecule has 3 aromatic carbocycles. The van der Waals surface area contributed by atoms with E-state index in [0.717, 1.165) is 22.6 Å². The molecule has 3 aromatic rings. The Morgan fingerprint density at radius 1 is 0.600 bits per heavy atom. The van der Waals surface area contributed by atoms with Gasteiger partial charge in [-0.3, -0.25) is 0 Å². The van der Waals surface area contributed by atoms with Gasteiger partial charge in [0.1, 0.15) is 0 Å². The van der Waals surface area contributed by atoms with E-state index >= 15 is 0 Å². The molecule has 5 heteroatoms. The number of hydrogen-bond donors (Lipinski definition) is 0. The summed E-state index contributed by atoms with van der Waals surface area (Å²) in [5, 5.41) is 0. The summed E-state index contributed by atoms with van der Waals surface area (Å²) in [6.45, 7) is 18.5. The van der Waals surface area contributed by atoms with Gasteiger partial charge < -0.3 is 18.2 Å². The minimum Gasteiger partial charge on any atom is -0.373 e. The minimum absolute atomic E-state index is 0.0353. The van der Waals surface area contributed by atoms with Gasteiger partial charge in [0.15, 0.2) is 0 Å². The minimum atomic E-state index is -2.85. The van der Waals surface area contributed by atoms with Gasteiger partial charge in [-0.1, -0.05) is 31.2 Å². The van der Waals surface area contributed by atoms with Crippen LogP contribution in [0.5, 0.6) is 0 Å². The number of anilines is 3. The molecule has 1 unspecified atom stereocenters. The van der Waals surface area contributed by atoms with Gasteiger partial charge in [-0.25, -0.2) is 0 Å². The third-order valence-electron chi connectivity index (χ3n) is 6.72. The van der Waals surface area contributed by atoms with Crippen LogP contribution < -0.4 is 4.90 Å². The summed E-state index contributed by atoms with van der Waals surface area (Å²) >= 11 is 0. The predicted molar refractivity (Wildman–Crippen MR) is 149 cm³/mol. The number of rotatable bonds is 11. The van der Waals surface area contributed by atoms with E-state index < -0.39 is 8.80 Å². The van der Waals surface area contributed by atoms with Crippen LogP contribution in [0.25, 0.3) is 0 Å². The zero-order valence-electron chi connectivity index (χ0n) is 22.6. The first-order valence-electron chi connectivity index (χ1n) is 12.7. The van der Waals surface area contributed by atoms with Gasteiger partial charge in [0.05, 0.1) is 5.54 Å². The van der Waals surface area contributed by atoms with Crippen LogP contribution in [0, 0.1) is 27.7 Å². The molecule has 0 saturated carbocycles. The maximum absolute atomic E-state index is 6.18. The van der Waals surface area contributed by atoms with Gasteiger partial charge in [0, 0.05) is 36.9 Å². The van der Waals surface area contributed by atoms with Crippen LogP contribution in [-0.2, 0) is 13.3 Å². The second-order valence-corrected chi connectivity index (χ2v) is 12.0. The molecule has 0 bridgehead atoms. The van der Waals surface area contributed by atoms with Crippen molar-refractivity contribution >= 4 is 25.9 Å². The maximum Gasteiger partial charge on any atom is 0.508 e. The monoisotopic (exact) mass is 491 g/mol. The maximum atomic E-state index is 6.18. The second-order valence-electron chi connectivity index (χ2n) is 9.09. The molecule has 0 aliphatic rings. The first-order chi connectivity index (χ1) is 16.8. The Labute approximate surface area is 213 Å². The first kappa shape index (κ1) is 27.1. The smallest absolute Gasteiger partial charge is 0.373 e. The van der Waals surface area contributed by atoms with Crippen molar-refractivity contribution in [3.8, 4) is 0 Å². The van der Waals surface area contributed by atoms with Gasteiger partial charge in [0.2, 0.25) is 0 Å². The highest BCUT2D eigenvalue weighted by molar-refractivity contribution is 6.62. The fourth-order valence-electron chi connectivity index (χ4n) is 4.40. The molecule has 0 aliphatic heterocycles. The summed E-state index contributed by atoms with van der Waals surface area (Å²) < 4.78 is 18.5. The van der Waals surface area contributed by atoms with Crippen molar-refractivity contribution < 1.29 is 13.3 Å². The molecule has 188 valence electrons. The SMILES string of the molecule is CCO[Si](OCC)(OCC)C(C)c1ccc(N(c2ccc(C)c(C)c2)c2ccc(C)c(C)c2)cc1. The van der Waals surface area contributed by atoms with Gasteiger partial charge >= 0.3 is 8.80 Å². The fraction of sp³-hybridized carbons (Fsp3) is 0.400. The lowest BCUT2D eigenvalue weighted by molar-refractivity contribution is 0.0633. The predicted octanol–water partition coefficient (Wildman–Crippen LogP) is 8.08. The van der Waals surface area contributed by atoms with E-state index in [-0.39, 0.29) is 5.54 Å². The fourth-order valence-corrected chi connectivity index (χ4v) is 7.20. The third kappa shape index (κ3) is 6.04. The first-order valence-corrected chi connectivity index (χ1v) is 14.5. The zero-order valence-corrected chi connectivity index (χ0v) is 23.6. The van der Waals surface area contributed by atoms with E-state index in [2.05, 4.69) is 100 Å². The standard InChI is InChI=1S/C30H41NO3Si/c1-9-32-35(33-10-2,34-11-3)26(8)27-14-18-28(19-15-27)31(29-16-12-22(4)24(6)20-29)30-17-13-23(5)25(7)21-30/h12-21,26H,9-11H2,1-8H3. The Balaban J connectivity index is 2.05. The van der Waals surface area contributed by atoms with Crippen molar-refractivity contribution in [1.29, 1.82) is 0 Å². The van der Waals surface area contributed by atoms with E-state index in [9.17, 15) is 0 Å². The molecule has 3 rings (SSSR count). The van der Waals surface area contributed by atoms with Gasteiger partial charge in [-0.2, -0.15) is 0 Å². The Morgan fingerprint density at radius 2 is 1.00 bits per heavy atom. The lowest BCUT2D eigenvalue weighted by Gasteiger charge is -2.34. The molecule has 0 aliphatic carbocycles. The Kier molecular flexibility index (Phi) is 9.31. The van der Waals surface area contributed by atoms with Crippen LogP contribution >= 0.6 is 0 Å². The van der Waals surface area contributed by atoms with Gasteiger partial charge in [-0.05, 0) is 113 Å². The molecule has 35 heavy (non-hydrogen) atoms. The normalized spacial score (nSPS) is 12.6. The molecule has 0 N–H and O–H groups in total. The third-order valence-corrected chi connectivity index (χ3v) is 10.2. The summed E-state index contributed by atoms with van der Waals surface area (Å²) in [7, 11) is -2.85. The molecule has 4 nitrogen and oxygen atoms in total. The highest BCUT2D eigenvalue weighted by atomic mass is 28.4. The Hall–Kier alpha value is -2.44. The van der Waals surface area contributed by atoms with Crippen LogP contribution in [0.4, 0.5) is 17.1 Å². The number of nitrogens with zero attached hydrogens (tertiary/aromatic N) is 1. The summed E-state index contributed by atoms with van der Waals surface area (Å²) in [6.07, 6.45) is 0. The molecular weight excluding hydrogens is 450 g/mol. The van der Waals surface area contributed by atoms with Crippen LogP contribution in [0.2, 0.25) is 0 Å². The second kappa shape index (κ2) is 12.0. The van der Waals surface area contributed by atoms with Crippen molar-refractivity contribution in [1.82, 2.24) is 0 Å². The average molecular weight is 492 g/mol. The van der Waals surface area contributed by atoms with Gasteiger partial charge in [-0.15, -0.1) is 0 Å². The summed E-state index contributed by atoms with van der Waals surface area (Å²) in [6, 6.07) is 22.1. The van der Waals surface area contributed by atoms with E-state index in [0.29, 0.717) is 19.8 Å². The van der Waals surface area contributed by atoms with E-state index in [1.807, 2.05) is 20.8 Å². The Morgan fingerprint density at radius 3 is 1.37 bits per heavy atom. The van der Waals surface area contributed by atoms with Crippen LogP contribution in [0.15, 0.2) is 60.7 Å². The van der Waals surface area contributed by atoms with Crippen molar-refractivity contribution in [2.24, 2.45) is 0 Å². The van der Waals surface area contributed by atoms with Crippen LogP contribution in [-0.4, -0.2) is 28.6 Å². The molecule has 0 aromatic heterocycles. The summed E-state index contributed by atoms with van der Waals surface area (Å²) in [4.78, 5) is 2.33. The van der Waals surface area contributed by atoms with E-state index in [4.69, 9.17) is 13.3 Å². The lowest BCUT2D eigenvalue weighted by atomic mass is 10.0. The highest BCUT2D eigenvalue weighted by Gasteiger charge is 2.47. The van der Waals surface area contributed by atoms with Crippen LogP contribution in [0.1, 0.15) is 61.1 Å². The molecule has 0 fully saturated rings. The van der Waals surface area contributed by atoms with E-state index in [1.54, 1.807) is 0 Å². The molecule has 0 amide bonds. The molecule has 0 radical (unpaired) electrons. The lowest BCUT2D eigenvalue weighted by Crippen LogP contribution is -2.51. The summed E-state index contributed by atoms with van der Waals surface area (Å²) in [5.74, 6) is 0. The zero-order chi connectivity index (χ0) is 25.6. The van der Waals surface area contributed by atoms with Crippen molar-refractivity contribution in [3.63, 3.8) is 0 Å². The number of hydrogen-bond acceptors (Lipinski definition) is 4. The average Bonchev–Trinajstić information content (AvgIpc) is 2.84. The highest BCUT2D eigenvalue weighted by Crippen LogP contribution is 2.38. The molecule has 0 heterocycles. The number of aryl methyl sites for hydroxylation is 4. The molecular formula is C30H41NO3Si. The topological polar surface area (TPSA) is 30.9 Å². The van der Waals surface area contributed by atoms with Crippen molar-refractivity contribution in [3.05, 3.63) is 88.5 Å². The summed E-state index contributed by atoms with van der Waals surface area (Å²) in [5.41, 5.74) is 9.76.